The molecule has 0 amide bonds. The fraction of sp³-hybridized carbons (Fsp3) is 0.524. The van der Waals surface area contributed by atoms with E-state index >= 15 is 0 Å². The standard InChI is InChI=1S/C19H31F3N2.C12H15NO.C11H13ClO/c1-5-13-24(14-6-2)18(15-23(7-3)8-4)16-11-9-10-12-17(16)19(20,21)22;1-9(14)8-12-11-5-3-2-4-10(11)6-7-13-12;1-8(9(2)13)7-10-3-5-11(12)6-4-10/h9-12,18H,5-8,13-15H2,1-4H3;2-5,12-13H,6-8H2,1H3;3-6,8H,7H2,1-2H3. The second-order valence-electron chi connectivity index (χ2n) is 13.3. The van der Waals surface area contributed by atoms with Gasteiger partial charge < -0.3 is 10.2 Å². The van der Waals surface area contributed by atoms with Crippen LogP contribution in [0.15, 0.2) is 72.8 Å². The molecule has 3 atom stereocenters. The molecule has 0 fully saturated rings. The average molecular weight is 730 g/mol. The number of likely N-dealkylation sites (N-methyl/N-ethyl adjacent to an activating group) is 1. The molecule has 0 saturated carbocycles. The first-order valence-corrected chi connectivity index (χ1v) is 18.8. The van der Waals surface area contributed by atoms with Crippen molar-refractivity contribution in [1.29, 1.82) is 0 Å². The Hall–Kier alpha value is -3.04. The summed E-state index contributed by atoms with van der Waals surface area (Å²) in [5.74, 6) is 0.579. The van der Waals surface area contributed by atoms with Crippen LogP contribution in [0.1, 0.15) is 108 Å². The first-order valence-electron chi connectivity index (χ1n) is 18.4. The van der Waals surface area contributed by atoms with E-state index in [1.54, 1.807) is 26.0 Å². The minimum atomic E-state index is -4.32. The molecule has 1 heterocycles. The lowest BCUT2D eigenvalue weighted by atomic mass is 9.92. The first-order chi connectivity index (χ1) is 24.2. The second kappa shape index (κ2) is 22.8. The maximum absolute atomic E-state index is 13.5. The Labute approximate surface area is 310 Å². The van der Waals surface area contributed by atoms with Crippen molar-refractivity contribution in [3.8, 4) is 0 Å². The van der Waals surface area contributed by atoms with Crippen molar-refractivity contribution in [3.63, 3.8) is 0 Å². The molecule has 0 bridgehead atoms. The van der Waals surface area contributed by atoms with E-state index in [2.05, 4.69) is 61.0 Å². The zero-order valence-corrected chi connectivity index (χ0v) is 32.4. The Morgan fingerprint density at radius 2 is 1.47 bits per heavy atom. The fourth-order valence-corrected chi connectivity index (χ4v) is 6.49. The minimum Gasteiger partial charge on any atom is -0.309 e. The number of nitrogens with one attached hydrogen (secondary N) is 1. The van der Waals surface area contributed by atoms with Crippen molar-refractivity contribution in [1.82, 2.24) is 15.1 Å². The summed E-state index contributed by atoms with van der Waals surface area (Å²) in [7, 11) is 0. The summed E-state index contributed by atoms with van der Waals surface area (Å²) in [6.07, 6.45) is 0.0299. The largest absolute Gasteiger partial charge is 0.416 e. The number of rotatable bonds is 15. The number of nitrogens with zero attached hydrogens (tertiary/aromatic N) is 2. The third-order valence-electron chi connectivity index (χ3n) is 9.27. The smallest absolute Gasteiger partial charge is 0.309 e. The number of alkyl halides is 3. The van der Waals surface area contributed by atoms with Gasteiger partial charge in [0, 0.05) is 36.0 Å². The summed E-state index contributed by atoms with van der Waals surface area (Å²) >= 11 is 5.74. The number of halogens is 4. The molecule has 3 aromatic rings. The molecule has 0 radical (unpaired) electrons. The van der Waals surface area contributed by atoms with Crippen molar-refractivity contribution in [2.45, 2.75) is 98.8 Å². The van der Waals surface area contributed by atoms with Crippen LogP contribution in [0.3, 0.4) is 0 Å². The van der Waals surface area contributed by atoms with Gasteiger partial charge in [-0.2, -0.15) is 13.2 Å². The number of hydrogen-bond acceptors (Lipinski definition) is 5. The topological polar surface area (TPSA) is 52.7 Å². The molecule has 4 rings (SSSR count). The van der Waals surface area contributed by atoms with Gasteiger partial charge in [0.1, 0.15) is 11.6 Å². The van der Waals surface area contributed by atoms with Crippen LogP contribution < -0.4 is 5.32 Å². The Morgan fingerprint density at radius 1 is 0.882 bits per heavy atom. The molecule has 1 aliphatic rings. The van der Waals surface area contributed by atoms with Crippen molar-refractivity contribution >= 4 is 23.2 Å². The highest BCUT2D eigenvalue weighted by molar-refractivity contribution is 6.30. The molecule has 0 saturated heterocycles. The quantitative estimate of drug-likeness (QED) is 0.169. The predicted molar refractivity (Wildman–Crippen MR) is 205 cm³/mol. The Balaban J connectivity index is 0.000000284. The number of hydrogen-bond donors (Lipinski definition) is 1. The summed E-state index contributed by atoms with van der Waals surface area (Å²) in [6, 6.07) is 22.1. The van der Waals surface area contributed by atoms with Gasteiger partial charge in [-0.1, -0.05) is 101 Å². The van der Waals surface area contributed by atoms with Crippen LogP contribution in [0.5, 0.6) is 0 Å². The van der Waals surface area contributed by atoms with E-state index in [9.17, 15) is 22.8 Å². The van der Waals surface area contributed by atoms with Gasteiger partial charge in [-0.15, -0.1) is 0 Å². The van der Waals surface area contributed by atoms with Gasteiger partial charge in [-0.05, 0) is 113 Å². The van der Waals surface area contributed by atoms with Gasteiger partial charge in [-0.3, -0.25) is 14.5 Å². The summed E-state index contributed by atoms with van der Waals surface area (Å²) in [5.41, 5.74) is 3.75. The molecule has 0 spiro atoms. The van der Waals surface area contributed by atoms with Crippen molar-refractivity contribution < 1.29 is 22.8 Å². The van der Waals surface area contributed by atoms with E-state index < -0.39 is 11.7 Å². The SMILES string of the molecule is CC(=O)C(C)Cc1ccc(Cl)cc1.CC(=O)CC1NCCc2ccccc21.CCCN(CCC)C(CN(CC)CC)c1ccccc1C(F)(F)F. The third kappa shape index (κ3) is 15.2. The van der Waals surface area contributed by atoms with E-state index in [-0.39, 0.29) is 29.6 Å². The van der Waals surface area contributed by atoms with Crippen molar-refractivity contribution in [2.75, 3.05) is 39.3 Å². The Bertz CT molecular complexity index is 1450. The van der Waals surface area contributed by atoms with Crippen LogP contribution in [0.4, 0.5) is 13.2 Å². The molecule has 0 aliphatic carbocycles. The van der Waals surface area contributed by atoms with Gasteiger partial charge in [0.15, 0.2) is 0 Å². The predicted octanol–water partition coefficient (Wildman–Crippen LogP) is 10.2. The average Bonchev–Trinajstić information content (AvgIpc) is 3.10. The van der Waals surface area contributed by atoms with E-state index in [0.29, 0.717) is 18.5 Å². The molecule has 9 heteroatoms. The summed E-state index contributed by atoms with van der Waals surface area (Å²) in [6.45, 7) is 18.4. The van der Waals surface area contributed by atoms with E-state index in [0.717, 1.165) is 69.0 Å². The van der Waals surface area contributed by atoms with Crippen LogP contribution in [0, 0.1) is 5.92 Å². The van der Waals surface area contributed by atoms with Crippen LogP contribution in [0.2, 0.25) is 5.02 Å². The zero-order chi connectivity index (χ0) is 38.0. The molecular formula is C42H59ClF3N3O2. The lowest BCUT2D eigenvalue weighted by Crippen LogP contribution is -2.40. The molecule has 5 nitrogen and oxygen atoms in total. The van der Waals surface area contributed by atoms with Gasteiger partial charge in [0.25, 0.3) is 0 Å². The van der Waals surface area contributed by atoms with E-state index in [1.807, 2.05) is 37.3 Å². The molecule has 3 aromatic carbocycles. The summed E-state index contributed by atoms with van der Waals surface area (Å²) in [4.78, 5) is 26.5. The lowest BCUT2D eigenvalue weighted by molar-refractivity contribution is -0.139. The van der Waals surface area contributed by atoms with Crippen LogP contribution in [-0.4, -0.2) is 60.6 Å². The number of carbonyl (C=O) groups excluding carboxylic acids is 2. The normalized spacial score (nSPS) is 15.2. The zero-order valence-electron chi connectivity index (χ0n) is 31.7. The first kappa shape index (κ1) is 44.1. The molecule has 0 aromatic heterocycles. The van der Waals surface area contributed by atoms with Crippen molar-refractivity contribution in [2.24, 2.45) is 5.92 Å². The number of carbonyl (C=O) groups is 2. The third-order valence-corrected chi connectivity index (χ3v) is 9.52. The maximum Gasteiger partial charge on any atom is 0.416 e. The summed E-state index contributed by atoms with van der Waals surface area (Å²) < 4.78 is 40.5. The van der Waals surface area contributed by atoms with Crippen LogP contribution >= 0.6 is 11.6 Å². The summed E-state index contributed by atoms with van der Waals surface area (Å²) in [5, 5.41) is 4.12. The van der Waals surface area contributed by atoms with E-state index in [4.69, 9.17) is 11.6 Å². The lowest BCUT2D eigenvalue weighted by Gasteiger charge is -2.36. The minimum absolute atomic E-state index is 0.0983. The van der Waals surface area contributed by atoms with Crippen LogP contribution in [-0.2, 0) is 28.6 Å². The molecule has 1 aliphatic heterocycles. The molecule has 1 N–H and O–H groups in total. The number of fused-ring (bicyclic) bond motifs is 1. The monoisotopic (exact) mass is 729 g/mol. The van der Waals surface area contributed by atoms with Crippen molar-refractivity contribution in [3.05, 3.63) is 106 Å². The fourth-order valence-electron chi connectivity index (χ4n) is 6.36. The molecule has 3 unspecified atom stereocenters. The highest BCUT2D eigenvalue weighted by Gasteiger charge is 2.36. The Morgan fingerprint density at radius 3 is 2.02 bits per heavy atom. The van der Waals surface area contributed by atoms with Gasteiger partial charge in [-0.25, -0.2) is 0 Å². The second-order valence-corrected chi connectivity index (χ2v) is 13.8. The molecule has 51 heavy (non-hydrogen) atoms. The highest BCUT2D eigenvalue weighted by Crippen LogP contribution is 2.37. The maximum atomic E-state index is 13.5. The Kier molecular flexibility index (Phi) is 19.7. The number of benzene rings is 3. The number of Topliss-reactive ketones (excluding diaryl/α,β-unsaturated/α-hetero) is 2. The van der Waals surface area contributed by atoms with Gasteiger partial charge in [0.2, 0.25) is 0 Å². The number of ketones is 2. The highest BCUT2D eigenvalue weighted by atomic mass is 35.5. The van der Waals surface area contributed by atoms with Gasteiger partial charge in [0.05, 0.1) is 5.56 Å². The van der Waals surface area contributed by atoms with E-state index in [1.165, 1.54) is 23.3 Å². The molecule has 282 valence electrons. The van der Waals surface area contributed by atoms with Gasteiger partial charge >= 0.3 is 6.18 Å². The molecular weight excluding hydrogens is 671 g/mol. The van der Waals surface area contributed by atoms with Crippen LogP contribution in [0.25, 0.3) is 0 Å².